The summed E-state index contributed by atoms with van der Waals surface area (Å²) in [4.78, 5) is 3.96. The highest BCUT2D eigenvalue weighted by atomic mass is 19.1. The monoisotopic (exact) mass is 297 g/mol. The fraction of sp³-hybridized carbons (Fsp3) is 0.625. The second-order valence-corrected chi connectivity index (χ2v) is 5.85. The minimum atomic E-state index is -0.481. The summed E-state index contributed by atoms with van der Waals surface area (Å²) in [5, 5.41) is 3.08. The van der Waals surface area contributed by atoms with E-state index in [1.165, 1.54) is 12.1 Å². The predicted octanol–water partition coefficient (Wildman–Crippen LogP) is 2.60. The van der Waals surface area contributed by atoms with Crippen LogP contribution in [0, 0.1) is 11.6 Å². The first-order chi connectivity index (χ1) is 10.0. The summed E-state index contributed by atoms with van der Waals surface area (Å²) in [5.74, 6) is -0.961. The van der Waals surface area contributed by atoms with Gasteiger partial charge < -0.3 is 15.1 Å². The molecule has 1 aliphatic heterocycles. The van der Waals surface area contributed by atoms with Crippen molar-refractivity contribution in [3.8, 4) is 0 Å². The average Bonchev–Trinajstić information content (AvgIpc) is 2.81. The van der Waals surface area contributed by atoms with Gasteiger partial charge in [-0.3, -0.25) is 0 Å². The quantitative estimate of drug-likeness (QED) is 0.871. The second-order valence-electron chi connectivity index (χ2n) is 5.85. The zero-order chi connectivity index (χ0) is 15.4. The molecule has 0 aliphatic carbocycles. The van der Waals surface area contributed by atoms with Crippen molar-refractivity contribution in [3.63, 3.8) is 0 Å². The summed E-state index contributed by atoms with van der Waals surface area (Å²) in [5.41, 5.74) is 0.720. The number of nitrogens with zero attached hydrogens (tertiary/aromatic N) is 2. The van der Waals surface area contributed by atoms with Crippen LogP contribution in [0.15, 0.2) is 12.1 Å². The normalized spacial score (nSPS) is 19.2. The second kappa shape index (κ2) is 7.18. The Hall–Kier alpha value is -1.20. The highest BCUT2D eigenvalue weighted by Crippen LogP contribution is 2.26. The summed E-state index contributed by atoms with van der Waals surface area (Å²) in [6, 6.07) is 3.22. The van der Waals surface area contributed by atoms with Crippen LogP contribution in [-0.4, -0.2) is 44.7 Å². The van der Waals surface area contributed by atoms with Gasteiger partial charge in [-0.2, -0.15) is 0 Å². The first kappa shape index (κ1) is 16.2. The van der Waals surface area contributed by atoms with Crippen molar-refractivity contribution >= 4 is 5.69 Å². The van der Waals surface area contributed by atoms with Gasteiger partial charge in [0.1, 0.15) is 17.3 Å². The smallest absolute Gasteiger partial charge is 0.149 e. The lowest BCUT2D eigenvalue weighted by molar-refractivity contribution is 0.313. The molecule has 0 aromatic heterocycles. The Labute approximate surface area is 125 Å². The Morgan fingerprint density at radius 1 is 1.33 bits per heavy atom. The number of rotatable bonds is 6. The van der Waals surface area contributed by atoms with Gasteiger partial charge in [0, 0.05) is 26.2 Å². The van der Waals surface area contributed by atoms with Crippen LogP contribution in [0.2, 0.25) is 0 Å². The summed E-state index contributed by atoms with van der Waals surface area (Å²) >= 11 is 0. The van der Waals surface area contributed by atoms with Gasteiger partial charge in [0.05, 0.1) is 0 Å². The number of hydrogen-bond donors (Lipinski definition) is 1. The highest BCUT2D eigenvalue weighted by molar-refractivity contribution is 5.50. The molecule has 5 heteroatoms. The molecule has 0 saturated carbocycles. The fourth-order valence-corrected chi connectivity index (χ4v) is 2.97. The minimum Gasteiger partial charge on any atom is -0.368 e. The van der Waals surface area contributed by atoms with Gasteiger partial charge in [-0.15, -0.1) is 0 Å². The van der Waals surface area contributed by atoms with E-state index in [4.69, 9.17) is 0 Å². The van der Waals surface area contributed by atoms with Crippen molar-refractivity contribution in [2.24, 2.45) is 0 Å². The first-order valence-electron chi connectivity index (χ1n) is 7.63. The predicted molar refractivity (Wildman–Crippen MR) is 82.7 cm³/mol. The third-order valence-corrected chi connectivity index (χ3v) is 4.19. The van der Waals surface area contributed by atoms with E-state index in [1.807, 2.05) is 6.92 Å². The number of nitrogens with one attached hydrogen (secondary N) is 1. The molecule has 0 amide bonds. The van der Waals surface area contributed by atoms with Crippen LogP contribution in [0.1, 0.15) is 25.3 Å². The van der Waals surface area contributed by atoms with E-state index in [0.717, 1.165) is 25.9 Å². The highest BCUT2D eigenvalue weighted by Gasteiger charge is 2.24. The van der Waals surface area contributed by atoms with E-state index in [2.05, 4.69) is 17.3 Å². The molecule has 0 radical (unpaired) electrons. The standard InChI is InChI=1S/C16H25F2N3/c1-4-19-10-12-8-14(17)16(15(18)9-12)21(3)11-13-6-5-7-20(13)2/h8-9,13,19H,4-7,10-11H2,1-3H3. The van der Waals surface area contributed by atoms with Gasteiger partial charge in [0.15, 0.2) is 0 Å². The van der Waals surface area contributed by atoms with E-state index in [0.29, 0.717) is 24.7 Å². The van der Waals surface area contributed by atoms with Crippen LogP contribution in [0.25, 0.3) is 0 Å². The molecule has 0 spiro atoms. The van der Waals surface area contributed by atoms with E-state index >= 15 is 0 Å². The van der Waals surface area contributed by atoms with Crippen molar-refractivity contribution < 1.29 is 8.78 Å². The lowest BCUT2D eigenvalue weighted by atomic mass is 10.1. The van der Waals surface area contributed by atoms with E-state index in [9.17, 15) is 8.78 Å². The van der Waals surface area contributed by atoms with Crippen LogP contribution in [-0.2, 0) is 6.54 Å². The summed E-state index contributed by atoms with van der Waals surface area (Å²) in [6.07, 6.45) is 2.24. The molecule has 1 N–H and O–H groups in total. The van der Waals surface area contributed by atoms with Crippen LogP contribution in [0.5, 0.6) is 0 Å². The number of likely N-dealkylation sites (tertiary alicyclic amines) is 1. The minimum absolute atomic E-state index is 0.0792. The summed E-state index contributed by atoms with van der Waals surface area (Å²) in [6.45, 7) is 4.94. The maximum absolute atomic E-state index is 14.2. The molecule has 2 rings (SSSR count). The van der Waals surface area contributed by atoms with Crippen LogP contribution >= 0.6 is 0 Å². The van der Waals surface area contributed by atoms with Crippen LogP contribution < -0.4 is 10.2 Å². The van der Waals surface area contributed by atoms with Crippen LogP contribution in [0.4, 0.5) is 14.5 Å². The molecule has 118 valence electrons. The molecule has 1 aromatic carbocycles. The Kier molecular flexibility index (Phi) is 5.53. The maximum Gasteiger partial charge on any atom is 0.149 e. The fourth-order valence-electron chi connectivity index (χ4n) is 2.97. The topological polar surface area (TPSA) is 18.5 Å². The van der Waals surface area contributed by atoms with Gasteiger partial charge in [-0.05, 0) is 50.7 Å². The number of halogens is 2. The van der Waals surface area contributed by atoms with Crippen molar-refractivity contribution in [2.75, 3.05) is 38.6 Å². The Bertz CT molecular complexity index is 456. The molecule has 3 nitrogen and oxygen atoms in total. The molecule has 1 aliphatic rings. The lowest BCUT2D eigenvalue weighted by Crippen LogP contribution is -2.37. The SMILES string of the molecule is CCNCc1cc(F)c(N(C)CC2CCCN2C)c(F)c1. The van der Waals surface area contributed by atoms with E-state index in [-0.39, 0.29) is 5.69 Å². The Balaban J connectivity index is 2.11. The van der Waals surface area contributed by atoms with Crippen molar-refractivity contribution in [1.29, 1.82) is 0 Å². The first-order valence-corrected chi connectivity index (χ1v) is 7.63. The van der Waals surface area contributed by atoms with Crippen LogP contribution in [0.3, 0.4) is 0 Å². The Morgan fingerprint density at radius 2 is 2.00 bits per heavy atom. The molecule has 0 bridgehead atoms. The molecule has 1 saturated heterocycles. The van der Waals surface area contributed by atoms with Gasteiger partial charge >= 0.3 is 0 Å². The van der Waals surface area contributed by atoms with Crippen molar-refractivity contribution in [1.82, 2.24) is 10.2 Å². The maximum atomic E-state index is 14.2. The van der Waals surface area contributed by atoms with Gasteiger partial charge in [-0.1, -0.05) is 6.92 Å². The van der Waals surface area contributed by atoms with Gasteiger partial charge in [0.2, 0.25) is 0 Å². The third kappa shape index (κ3) is 3.92. The summed E-state index contributed by atoms with van der Waals surface area (Å²) in [7, 11) is 3.83. The van der Waals surface area contributed by atoms with Gasteiger partial charge in [0.25, 0.3) is 0 Å². The number of benzene rings is 1. The van der Waals surface area contributed by atoms with E-state index in [1.54, 1.807) is 11.9 Å². The Morgan fingerprint density at radius 3 is 2.52 bits per heavy atom. The van der Waals surface area contributed by atoms with Gasteiger partial charge in [-0.25, -0.2) is 8.78 Å². The number of likely N-dealkylation sites (N-methyl/N-ethyl adjacent to an activating group) is 2. The van der Waals surface area contributed by atoms with Crippen molar-refractivity contribution in [3.05, 3.63) is 29.3 Å². The lowest BCUT2D eigenvalue weighted by Gasteiger charge is -2.28. The molecule has 21 heavy (non-hydrogen) atoms. The zero-order valence-electron chi connectivity index (χ0n) is 13.1. The molecular weight excluding hydrogens is 272 g/mol. The molecule has 1 fully saturated rings. The molecule has 1 unspecified atom stereocenters. The third-order valence-electron chi connectivity index (χ3n) is 4.19. The molecule has 1 heterocycles. The average molecular weight is 297 g/mol. The molecular formula is C16H25F2N3. The molecule has 1 atom stereocenters. The van der Waals surface area contributed by atoms with E-state index < -0.39 is 11.6 Å². The number of anilines is 1. The van der Waals surface area contributed by atoms with Crippen molar-refractivity contribution in [2.45, 2.75) is 32.4 Å². The molecule has 1 aromatic rings. The number of hydrogen-bond acceptors (Lipinski definition) is 3. The largest absolute Gasteiger partial charge is 0.368 e. The summed E-state index contributed by atoms with van der Waals surface area (Å²) < 4.78 is 28.5. The zero-order valence-corrected chi connectivity index (χ0v) is 13.1.